The van der Waals surface area contributed by atoms with Crippen LogP contribution in [0.4, 0.5) is 0 Å². The van der Waals surface area contributed by atoms with Crippen LogP contribution < -0.4 is 10.1 Å². The van der Waals surface area contributed by atoms with Gasteiger partial charge in [-0.3, -0.25) is 4.68 Å². The highest BCUT2D eigenvalue weighted by atomic mass is 16.5. The number of carbonyl (C=O) groups is 1. The molecule has 0 saturated carbocycles. The number of methoxy groups -OCH3 is 1. The molecule has 0 bridgehead atoms. The lowest BCUT2D eigenvalue weighted by Crippen LogP contribution is -2.42. The molecule has 174 valence electrons. The lowest BCUT2D eigenvalue weighted by Gasteiger charge is -2.30. The van der Waals surface area contributed by atoms with E-state index in [1.807, 2.05) is 65.5 Å². The predicted molar refractivity (Wildman–Crippen MR) is 130 cm³/mol. The Morgan fingerprint density at radius 2 is 1.91 bits per heavy atom. The minimum Gasteiger partial charge on any atom is -0.497 e. The molecular weight excluding hydrogens is 428 g/mol. The van der Waals surface area contributed by atoms with E-state index >= 15 is 0 Å². The fraction of sp³-hybridized carbons (Fsp3) is 0.296. The molecule has 0 aliphatic carbocycles. The van der Waals surface area contributed by atoms with Crippen LogP contribution in [0.3, 0.4) is 0 Å². The summed E-state index contributed by atoms with van der Waals surface area (Å²) in [6.45, 7) is 2.18. The number of rotatable bonds is 7. The number of esters is 1. The van der Waals surface area contributed by atoms with Crippen molar-refractivity contribution in [2.45, 2.75) is 31.4 Å². The predicted octanol–water partition coefficient (Wildman–Crippen LogP) is 3.99. The van der Waals surface area contributed by atoms with E-state index in [4.69, 9.17) is 9.47 Å². The number of aromatic nitrogens is 3. The Labute approximate surface area is 198 Å². The molecule has 1 N–H and O–H groups in total. The van der Waals surface area contributed by atoms with E-state index in [-0.39, 0.29) is 18.0 Å². The molecule has 7 nitrogen and oxygen atoms in total. The summed E-state index contributed by atoms with van der Waals surface area (Å²) in [6.07, 6.45) is 3.38. The molecule has 1 aliphatic rings. The van der Waals surface area contributed by atoms with Gasteiger partial charge in [0.15, 0.2) is 0 Å². The number of piperidine rings is 1. The van der Waals surface area contributed by atoms with Gasteiger partial charge in [-0.1, -0.05) is 47.7 Å². The lowest BCUT2D eigenvalue weighted by molar-refractivity contribution is 0.0178. The summed E-state index contributed by atoms with van der Waals surface area (Å²) in [7, 11) is 1.67. The average molecular weight is 457 g/mol. The van der Waals surface area contributed by atoms with Crippen LogP contribution in [0.5, 0.6) is 5.75 Å². The molecule has 34 heavy (non-hydrogen) atoms. The van der Waals surface area contributed by atoms with Gasteiger partial charge < -0.3 is 14.8 Å². The number of ether oxygens (including phenoxy) is 2. The number of hydrogen-bond donors (Lipinski definition) is 1. The molecule has 2 unspecified atom stereocenters. The minimum absolute atomic E-state index is 0.0143. The van der Waals surface area contributed by atoms with Crippen molar-refractivity contribution in [3.63, 3.8) is 0 Å². The van der Waals surface area contributed by atoms with E-state index in [9.17, 15) is 4.79 Å². The van der Waals surface area contributed by atoms with Gasteiger partial charge in [-0.05, 0) is 60.0 Å². The second kappa shape index (κ2) is 10.1. The Kier molecular flexibility index (Phi) is 6.53. The quantitative estimate of drug-likeness (QED) is 0.424. The van der Waals surface area contributed by atoms with Gasteiger partial charge >= 0.3 is 5.97 Å². The van der Waals surface area contributed by atoms with E-state index in [0.717, 1.165) is 48.1 Å². The molecule has 0 radical (unpaired) electrons. The van der Waals surface area contributed by atoms with E-state index in [1.165, 1.54) is 5.56 Å². The maximum Gasteiger partial charge on any atom is 0.338 e. The number of carbonyl (C=O) groups excluding carboxylic acids is 1. The van der Waals surface area contributed by atoms with Crippen molar-refractivity contribution < 1.29 is 14.3 Å². The topological polar surface area (TPSA) is 78.3 Å². The van der Waals surface area contributed by atoms with Crippen molar-refractivity contribution >= 4 is 16.7 Å². The second-order valence-corrected chi connectivity index (χ2v) is 8.61. The van der Waals surface area contributed by atoms with E-state index < -0.39 is 0 Å². The van der Waals surface area contributed by atoms with E-state index in [0.29, 0.717) is 12.1 Å². The fourth-order valence-corrected chi connectivity index (χ4v) is 4.44. The van der Waals surface area contributed by atoms with Crippen molar-refractivity contribution in [2.24, 2.45) is 0 Å². The molecule has 1 fully saturated rings. The maximum absolute atomic E-state index is 12.9. The molecule has 0 amide bonds. The van der Waals surface area contributed by atoms with E-state index in [2.05, 4.69) is 27.8 Å². The normalized spacial score (nSPS) is 18.0. The third-order valence-electron chi connectivity index (χ3n) is 6.39. The summed E-state index contributed by atoms with van der Waals surface area (Å²) in [5.74, 6) is 0.554. The summed E-state index contributed by atoms with van der Waals surface area (Å²) in [6, 6.07) is 21.7. The Hall–Kier alpha value is -3.71. The van der Waals surface area contributed by atoms with Crippen molar-refractivity contribution in [1.29, 1.82) is 0 Å². The standard InChI is InChI=1S/C27H28N4O3/c1-33-23-10-6-19(7-11-23)13-15-31-18-25(29-30-31)24-12-14-28-17-26(24)34-27(32)22-9-8-20-4-2-3-5-21(20)16-22/h2-11,16,18,24,26,28H,12-15,17H2,1H3. The third-order valence-corrected chi connectivity index (χ3v) is 6.39. The number of fused-ring (bicyclic) bond motifs is 1. The van der Waals surface area contributed by atoms with Gasteiger partial charge in [0.1, 0.15) is 11.9 Å². The van der Waals surface area contributed by atoms with Crippen LogP contribution in [-0.2, 0) is 17.7 Å². The first kappa shape index (κ1) is 22.1. The highest BCUT2D eigenvalue weighted by Crippen LogP contribution is 2.27. The van der Waals surface area contributed by atoms with Crippen LogP contribution >= 0.6 is 0 Å². The Balaban J connectivity index is 1.25. The van der Waals surface area contributed by atoms with Gasteiger partial charge in [-0.25, -0.2) is 4.79 Å². The smallest absolute Gasteiger partial charge is 0.338 e. The summed E-state index contributed by atoms with van der Waals surface area (Å²) < 4.78 is 13.0. The van der Waals surface area contributed by atoms with Gasteiger partial charge in [-0.2, -0.15) is 0 Å². The molecule has 4 aromatic rings. The highest BCUT2D eigenvalue weighted by molar-refractivity contribution is 5.95. The van der Waals surface area contributed by atoms with Crippen molar-refractivity contribution in [2.75, 3.05) is 20.2 Å². The molecule has 1 aliphatic heterocycles. The summed E-state index contributed by atoms with van der Waals surface area (Å²) in [5.41, 5.74) is 2.64. The van der Waals surface area contributed by atoms with Crippen molar-refractivity contribution in [1.82, 2.24) is 20.3 Å². The monoisotopic (exact) mass is 456 g/mol. The number of hydrogen-bond acceptors (Lipinski definition) is 6. The lowest BCUT2D eigenvalue weighted by atomic mass is 9.92. The minimum atomic E-state index is -0.309. The van der Waals surface area contributed by atoms with Crippen LogP contribution in [0.15, 0.2) is 72.9 Å². The van der Waals surface area contributed by atoms with Crippen LogP contribution in [0.2, 0.25) is 0 Å². The molecule has 1 saturated heterocycles. The van der Waals surface area contributed by atoms with Gasteiger partial charge in [-0.15, -0.1) is 5.10 Å². The zero-order valence-electron chi connectivity index (χ0n) is 19.2. The first-order valence-electron chi connectivity index (χ1n) is 11.6. The maximum atomic E-state index is 12.9. The molecule has 2 heterocycles. The first-order chi connectivity index (χ1) is 16.7. The Morgan fingerprint density at radius 1 is 1.09 bits per heavy atom. The number of nitrogens with one attached hydrogen (secondary N) is 1. The molecule has 0 spiro atoms. The highest BCUT2D eigenvalue weighted by Gasteiger charge is 2.32. The molecule has 3 aromatic carbocycles. The van der Waals surface area contributed by atoms with Crippen LogP contribution in [0, 0.1) is 0 Å². The molecule has 5 rings (SSSR count). The Morgan fingerprint density at radius 3 is 2.74 bits per heavy atom. The summed E-state index contributed by atoms with van der Waals surface area (Å²) in [5, 5.41) is 14.2. The first-order valence-corrected chi connectivity index (χ1v) is 11.6. The van der Waals surface area contributed by atoms with Crippen LogP contribution in [0.25, 0.3) is 10.8 Å². The molecular formula is C27H28N4O3. The van der Waals surface area contributed by atoms with E-state index in [1.54, 1.807) is 7.11 Å². The molecule has 1 aromatic heterocycles. The van der Waals surface area contributed by atoms with Gasteiger partial charge in [0.05, 0.1) is 18.4 Å². The molecule has 7 heteroatoms. The average Bonchev–Trinajstić information content (AvgIpc) is 3.36. The van der Waals surface area contributed by atoms with Crippen LogP contribution in [0.1, 0.15) is 34.0 Å². The zero-order valence-corrected chi connectivity index (χ0v) is 19.2. The number of nitrogens with zero attached hydrogens (tertiary/aromatic N) is 3. The number of benzene rings is 3. The fourth-order valence-electron chi connectivity index (χ4n) is 4.44. The third kappa shape index (κ3) is 4.94. The number of aryl methyl sites for hydroxylation is 2. The second-order valence-electron chi connectivity index (χ2n) is 8.61. The SMILES string of the molecule is COc1ccc(CCn2cc(C3CCNCC3OC(=O)c3ccc4ccccc4c3)nn2)cc1. The van der Waals surface area contributed by atoms with Crippen LogP contribution in [-0.4, -0.2) is 47.3 Å². The summed E-state index contributed by atoms with van der Waals surface area (Å²) in [4.78, 5) is 12.9. The van der Waals surface area contributed by atoms with Gasteiger partial charge in [0.25, 0.3) is 0 Å². The van der Waals surface area contributed by atoms with Crippen molar-refractivity contribution in [3.8, 4) is 5.75 Å². The van der Waals surface area contributed by atoms with Gasteiger partial charge in [0.2, 0.25) is 0 Å². The largest absolute Gasteiger partial charge is 0.497 e. The summed E-state index contributed by atoms with van der Waals surface area (Å²) >= 11 is 0. The van der Waals surface area contributed by atoms with Crippen molar-refractivity contribution in [3.05, 3.63) is 89.7 Å². The van der Waals surface area contributed by atoms with Gasteiger partial charge in [0, 0.05) is 25.2 Å². The zero-order chi connectivity index (χ0) is 23.3. The molecule has 2 atom stereocenters. The Bertz CT molecular complexity index is 1270.